The highest BCUT2D eigenvalue weighted by Crippen LogP contribution is 2.27. The van der Waals surface area contributed by atoms with Crippen molar-refractivity contribution in [3.63, 3.8) is 0 Å². The highest BCUT2D eigenvalue weighted by Gasteiger charge is 2.26. The van der Waals surface area contributed by atoms with E-state index in [2.05, 4.69) is 4.98 Å². The van der Waals surface area contributed by atoms with E-state index in [9.17, 15) is 23.3 Å². The molecule has 0 fully saturated rings. The molecule has 0 bridgehead atoms. The second-order valence-corrected chi connectivity index (χ2v) is 2.55. The summed E-state index contributed by atoms with van der Waals surface area (Å²) in [5, 5.41) is 18.9. The number of pyridine rings is 1. The summed E-state index contributed by atoms with van der Waals surface area (Å²) < 4.78 is 37.5. The molecule has 8 heteroatoms. The smallest absolute Gasteiger partial charge is 0.371 e. The first-order chi connectivity index (χ1) is 6.99. The molecule has 0 aliphatic carbocycles. The number of halogens is 3. The number of hydrogen-bond acceptors (Lipinski definition) is 4. The van der Waals surface area contributed by atoms with Crippen molar-refractivity contribution in [3.05, 3.63) is 33.3 Å². The number of hydrogen-bond donors (Lipinski definition) is 1. The summed E-state index contributed by atoms with van der Waals surface area (Å²) in [4.78, 5) is 12.3. The maximum Gasteiger partial charge on any atom is 0.371 e. The van der Waals surface area contributed by atoms with Gasteiger partial charge in [0.15, 0.2) is 6.20 Å². The number of alkyl halides is 2. The summed E-state index contributed by atoms with van der Waals surface area (Å²) in [6.45, 7) is -1.06. The first-order valence-corrected chi connectivity index (χ1v) is 3.69. The third-order valence-corrected chi connectivity index (χ3v) is 1.68. The molecule has 0 aromatic carbocycles. The highest BCUT2D eigenvalue weighted by atomic mass is 19.3. The first-order valence-electron chi connectivity index (χ1n) is 3.69. The van der Waals surface area contributed by atoms with Crippen molar-refractivity contribution in [2.75, 3.05) is 0 Å². The molecule has 0 aliphatic rings. The zero-order chi connectivity index (χ0) is 11.6. The molecule has 0 saturated carbocycles. The summed E-state index contributed by atoms with van der Waals surface area (Å²) in [5.74, 6) is -2.45. The molecule has 1 aromatic heterocycles. The van der Waals surface area contributed by atoms with Gasteiger partial charge in [-0.3, -0.25) is 0 Å². The fourth-order valence-corrected chi connectivity index (χ4v) is 0.987. The predicted octanol–water partition coefficient (Wildman–Crippen LogP) is 1.56. The number of rotatable bonds is 3. The maximum absolute atomic E-state index is 13.2. The van der Waals surface area contributed by atoms with Crippen molar-refractivity contribution >= 4 is 5.82 Å². The van der Waals surface area contributed by atoms with Crippen molar-refractivity contribution in [1.29, 1.82) is 0 Å². The number of aliphatic hydroxyl groups is 1. The lowest BCUT2D eigenvalue weighted by Gasteiger charge is -2.04. The molecule has 1 rings (SSSR count). The second-order valence-electron chi connectivity index (χ2n) is 2.55. The SMILES string of the molecule is O=[N+]([O-])c1ncc(C(F)F)c(F)c1CO. The lowest BCUT2D eigenvalue weighted by Crippen LogP contribution is -2.05. The van der Waals surface area contributed by atoms with Gasteiger partial charge in [0.2, 0.25) is 0 Å². The topological polar surface area (TPSA) is 76.3 Å². The third-order valence-electron chi connectivity index (χ3n) is 1.68. The zero-order valence-corrected chi connectivity index (χ0v) is 7.15. The van der Waals surface area contributed by atoms with E-state index in [0.717, 1.165) is 0 Å². The molecule has 1 heterocycles. The van der Waals surface area contributed by atoms with Crippen LogP contribution in [0.5, 0.6) is 0 Å². The average molecular weight is 222 g/mol. The van der Waals surface area contributed by atoms with Crippen LogP contribution in [0.25, 0.3) is 0 Å². The standard InChI is InChI=1S/C7H5F3N2O3/c8-5-3(6(9)10)1-11-7(12(14)15)4(5)2-13/h1,6,13H,2H2. The van der Waals surface area contributed by atoms with Crippen LogP contribution in [0.4, 0.5) is 19.0 Å². The third kappa shape index (κ3) is 2.04. The van der Waals surface area contributed by atoms with Crippen molar-refractivity contribution in [2.24, 2.45) is 0 Å². The molecule has 1 aromatic rings. The second kappa shape index (κ2) is 4.22. The Morgan fingerprint density at radius 2 is 2.20 bits per heavy atom. The molecule has 1 N–H and O–H groups in total. The van der Waals surface area contributed by atoms with Gasteiger partial charge in [-0.15, -0.1) is 0 Å². The molecule has 15 heavy (non-hydrogen) atoms. The van der Waals surface area contributed by atoms with Gasteiger partial charge in [0.25, 0.3) is 6.43 Å². The summed E-state index contributed by atoms with van der Waals surface area (Å²) in [5.41, 5.74) is -1.90. The first kappa shape index (κ1) is 11.4. The van der Waals surface area contributed by atoms with Crippen molar-refractivity contribution in [3.8, 4) is 0 Å². The summed E-state index contributed by atoms with van der Waals surface area (Å²) in [7, 11) is 0. The molecule has 0 aliphatic heterocycles. The Bertz CT molecular complexity index is 397. The van der Waals surface area contributed by atoms with Gasteiger partial charge in [-0.25, -0.2) is 13.2 Å². The van der Waals surface area contributed by atoms with E-state index < -0.39 is 40.7 Å². The molecule has 0 amide bonds. The Hall–Kier alpha value is -1.70. The lowest BCUT2D eigenvalue weighted by molar-refractivity contribution is -0.390. The normalized spacial score (nSPS) is 10.7. The van der Waals surface area contributed by atoms with Crippen LogP contribution in [0.3, 0.4) is 0 Å². The van der Waals surface area contributed by atoms with E-state index >= 15 is 0 Å². The van der Waals surface area contributed by atoms with Gasteiger partial charge in [-0.1, -0.05) is 0 Å². The van der Waals surface area contributed by atoms with Crippen LogP contribution >= 0.6 is 0 Å². The number of aliphatic hydroxyl groups excluding tert-OH is 1. The van der Waals surface area contributed by atoms with Crippen LogP contribution in [-0.4, -0.2) is 15.0 Å². The van der Waals surface area contributed by atoms with Gasteiger partial charge >= 0.3 is 5.82 Å². The van der Waals surface area contributed by atoms with Crippen molar-refractivity contribution in [1.82, 2.24) is 4.98 Å². The minimum atomic E-state index is -3.14. The van der Waals surface area contributed by atoms with Crippen LogP contribution in [-0.2, 0) is 6.61 Å². The number of nitrogens with zero attached hydrogens (tertiary/aromatic N) is 2. The van der Waals surface area contributed by atoms with Crippen molar-refractivity contribution < 1.29 is 23.2 Å². The average Bonchev–Trinajstić information content (AvgIpc) is 2.16. The Morgan fingerprint density at radius 1 is 1.60 bits per heavy atom. The van der Waals surface area contributed by atoms with Crippen molar-refractivity contribution in [2.45, 2.75) is 13.0 Å². The number of aromatic nitrogens is 1. The molecule has 0 unspecified atom stereocenters. The van der Waals surface area contributed by atoms with E-state index in [1.807, 2.05) is 0 Å². The van der Waals surface area contributed by atoms with Crippen LogP contribution < -0.4 is 0 Å². The van der Waals surface area contributed by atoms with E-state index in [1.165, 1.54) is 0 Å². The fourth-order valence-electron chi connectivity index (χ4n) is 0.987. The molecule has 0 saturated heterocycles. The van der Waals surface area contributed by atoms with Gasteiger partial charge in [-0.2, -0.15) is 0 Å². The van der Waals surface area contributed by atoms with E-state index in [4.69, 9.17) is 5.11 Å². The molecule has 0 spiro atoms. The largest absolute Gasteiger partial charge is 0.391 e. The summed E-state index contributed by atoms with van der Waals surface area (Å²) in [6, 6.07) is 0. The molecular formula is C7H5F3N2O3. The maximum atomic E-state index is 13.2. The Labute approximate surface area is 81.3 Å². The highest BCUT2D eigenvalue weighted by molar-refractivity contribution is 5.36. The van der Waals surface area contributed by atoms with Crippen LogP contribution in [0, 0.1) is 15.9 Å². The predicted molar refractivity (Wildman–Crippen MR) is 41.7 cm³/mol. The quantitative estimate of drug-likeness (QED) is 0.621. The monoisotopic (exact) mass is 222 g/mol. The Kier molecular flexibility index (Phi) is 3.20. The zero-order valence-electron chi connectivity index (χ0n) is 7.15. The van der Waals surface area contributed by atoms with Gasteiger partial charge in [0, 0.05) is 0 Å². The van der Waals surface area contributed by atoms with E-state index in [1.54, 1.807) is 0 Å². The van der Waals surface area contributed by atoms with Crippen LogP contribution in [0.15, 0.2) is 6.20 Å². The Balaban J connectivity index is 3.39. The van der Waals surface area contributed by atoms with Gasteiger partial charge in [0.1, 0.15) is 11.4 Å². The lowest BCUT2D eigenvalue weighted by atomic mass is 10.2. The molecule has 0 atom stereocenters. The molecule has 0 radical (unpaired) electrons. The van der Waals surface area contributed by atoms with E-state index in [-0.39, 0.29) is 0 Å². The van der Waals surface area contributed by atoms with Gasteiger partial charge < -0.3 is 15.2 Å². The van der Waals surface area contributed by atoms with Crippen LogP contribution in [0.2, 0.25) is 0 Å². The van der Waals surface area contributed by atoms with Crippen LogP contribution in [0.1, 0.15) is 17.6 Å². The number of nitro groups is 1. The Morgan fingerprint density at radius 3 is 2.60 bits per heavy atom. The van der Waals surface area contributed by atoms with E-state index in [0.29, 0.717) is 6.20 Å². The fraction of sp³-hybridized carbons (Fsp3) is 0.286. The molecule has 82 valence electrons. The van der Waals surface area contributed by atoms with Gasteiger partial charge in [-0.05, 0) is 9.91 Å². The minimum Gasteiger partial charge on any atom is -0.391 e. The molecular weight excluding hydrogens is 217 g/mol. The summed E-state index contributed by atoms with van der Waals surface area (Å²) >= 11 is 0. The minimum absolute atomic E-state index is 0.386. The molecule has 5 nitrogen and oxygen atoms in total. The van der Waals surface area contributed by atoms with Gasteiger partial charge in [0.05, 0.1) is 12.2 Å². The summed E-state index contributed by atoms with van der Waals surface area (Å²) in [6.07, 6.45) is -2.75.